The van der Waals surface area contributed by atoms with Crippen molar-refractivity contribution in [2.24, 2.45) is 11.8 Å². The summed E-state index contributed by atoms with van der Waals surface area (Å²) in [5.41, 5.74) is 0. The molecule has 3 heteroatoms. The molecule has 17 heavy (non-hydrogen) atoms. The largest absolute Gasteiger partial charge is 0.381 e. The smallest absolute Gasteiger partial charge is 0.0509 e. The summed E-state index contributed by atoms with van der Waals surface area (Å²) < 4.78 is 5.54. The second-order valence-corrected chi connectivity index (χ2v) is 6.17. The van der Waals surface area contributed by atoms with Crippen LogP contribution in [0.3, 0.4) is 0 Å². The van der Waals surface area contributed by atoms with E-state index in [0.29, 0.717) is 18.1 Å². The molecule has 0 saturated carbocycles. The highest BCUT2D eigenvalue weighted by molar-refractivity contribution is 4.90. The molecule has 100 valence electrons. The molecule has 1 N–H and O–H groups in total. The Morgan fingerprint density at radius 2 is 2.06 bits per heavy atom. The van der Waals surface area contributed by atoms with Crippen LogP contribution in [0.2, 0.25) is 0 Å². The molecule has 2 rings (SSSR count). The van der Waals surface area contributed by atoms with E-state index in [9.17, 15) is 0 Å². The van der Waals surface area contributed by atoms with E-state index in [1.807, 2.05) is 0 Å². The molecule has 0 aromatic heterocycles. The first-order valence-corrected chi connectivity index (χ1v) is 7.16. The Balaban J connectivity index is 1.96. The first-order valence-electron chi connectivity index (χ1n) is 7.16. The van der Waals surface area contributed by atoms with Gasteiger partial charge in [0.1, 0.15) is 0 Å². The molecule has 2 aliphatic heterocycles. The van der Waals surface area contributed by atoms with Crippen LogP contribution in [0.5, 0.6) is 0 Å². The van der Waals surface area contributed by atoms with Crippen LogP contribution in [0, 0.1) is 11.8 Å². The van der Waals surface area contributed by atoms with Gasteiger partial charge >= 0.3 is 0 Å². The van der Waals surface area contributed by atoms with Crippen molar-refractivity contribution in [1.82, 2.24) is 10.2 Å². The van der Waals surface area contributed by atoms with Crippen molar-refractivity contribution in [1.29, 1.82) is 0 Å². The second kappa shape index (κ2) is 5.68. The van der Waals surface area contributed by atoms with Crippen molar-refractivity contribution in [3.63, 3.8) is 0 Å². The number of hydrogen-bond donors (Lipinski definition) is 1. The molecule has 0 amide bonds. The Labute approximate surface area is 106 Å². The standard InChI is InChI=1S/C14H28N2O/c1-10(2)14-8-16(11(3)7-15-14)12(4)13-5-6-17-9-13/h10-15H,5-9H2,1-4H3. The first kappa shape index (κ1) is 13.3. The van der Waals surface area contributed by atoms with Gasteiger partial charge in [0.25, 0.3) is 0 Å². The second-order valence-electron chi connectivity index (χ2n) is 6.17. The highest BCUT2D eigenvalue weighted by Gasteiger charge is 2.34. The van der Waals surface area contributed by atoms with Gasteiger partial charge in [0.05, 0.1) is 6.61 Å². The van der Waals surface area contributed by atoms with Gasteiger partial charge in [-0.2, -0.15) is 0 Å². The molecule has 2 saturated heterocycles. The predicted octanol–water partition coefficient (Wildman–Crippen LogP) is 1.73. The molecule has 2 heterocycles. The fourth-order valence-electron chi connectivity index (χ4n) is 3.13. The van der Waals surface area contributed by atoms with E-state index in [-0.39, 0.29) is 0 Å². The van der Waals surface area contributed by atoms with E-state index in [1.54, 1.807) is 0 Å². The van der Waals surface area contributed by atoms with Crippen LogP contribution in [0.25, 0.3) is 0 Å². The quantitative estimate of drug-likeness (QED) is 0.813. The van der Waals surface area contributed by atoms with Crippen LogP contribution in [0.1, 0.15) is 34.1 Å². The van der Waals surface area contributed by atoms with Crippen LogP contribution in [0.4, 0.5) is 0 Å². The Kier molecular flexibility index (Phi) is 4.45. The van der Waals surface area contributed by atoms with Crippen LogP contribution < -0.4 is 5.32 Å². The minimum absolute atomic E-state index is 0.649. The maximum Gasteiger partial charge on any atom is 0.0509 e. The maximum atomic E-state index is 5.54. The first-order chi connectivity index (χ1) is 8.09. The molecule has 0 aromatic rings. The van der Waals surface area contributed by atoms with Crippen molar-refractivity contribution in [2.75, 3.05) is 26.3 Å². The molecule has 0 bridgehead atoms. The average molecular weight is 240 g/mol. The lowest BCUT2D eigenvalue weighted by Gasteiger charge is -2.45. The number of rotatable bonds is 3. The van der Waals surface area contributed by atoms with E-state index in [2.05, 4.69) is 37.9 Å². The predicted molar refractivity (Wildman–Crippen MR) is 71.2 cm³/mol. The number of nitrogens with one attached hydrogen (secondary N) is 1. The molecule has 2 fully saturated rings. The fraction of sp³-hybridized carbons (Fsp3) is 1.00. The van der Waals surface area contributed by atoms with Crippen LogP contribution in [-0.2, 0) is 4.74 Å². The van der Waals surface area contributed by atoms with Gasteiger partial charge in [0.15, 0.2) is 0 Å². The van der Waals surface area contributed by atoms with Crippen LogP contribution >= 0.6 is 0 Å². The van der Waals surface area contributed by atoms with Gasteiger partial charge in [-0.15, -0.1) is 0 Å². The molecule has 0 radical (unpaired) electrons. The van der Waals surface area contributed by atoms with Crippen LogP contribution in [-0.4, -0.2) is 49.3 Å². The third-order valence-electron chi connectivity index (χ3n) is 4.62. The van der Waals surface area contributed by atoms with Gasteiger partial charge in [-0.05, 0) is 32.1 Å². The summed E-state index contributed by atoms with van der Waals surface area (Å²) in [6, 6.07) is 1.97. The summed E-state index contributed by atoms with van der Waals surface area (Å²) in [4.78, 5) is 2.69. The van der Waals surface area contributed by atoms with E-state index >= 15 is 0 Å². The number of hydrogen-bond acceptors (Lipinski definition) is 3. The Bertz CT molecular complexity index is 238. The van der Waals surface area contributed by atoms with Gasteiger partial charge in [0, 0.05) is 37.8 Å². The Hall–Kier alpha value is -0.120. The molecule has 0 aromatic carbocycles. The minimum Gasteiger partial charge on any atom is -0.381 e. The SMILES string of the molecule is CC(C)C1CN(C(C)C2CCOC2)C(C)CN1. The average Bonchev–Trinajstić information content (AvgIpc) is 2.81. The molecule has 2 aliphatic rings. The zero-order valence-corrected chi connectivity index (χ0v) is 11.8. The highest BCUT2D eigenvalue weighted by Crippen LogP contribution is 2.25. The van der Waals surface area contributed by atoms with Crippen molar-refractivity contribution in [3.05, 3.63) is 0 Å². The lowest BCUT2D eigenvalue weighted by molar-refractivity contribution is 0.0528. The van der Waals surface area contributed by atoms with Crippen molar-refractivity contribution < 1.29 is 4.74 Å². The summed E-state index contributed by atoms with van der Waals surface area (Å²) in [5, 5.41) is 3.67. The molecule has 0 aliphatic carbocycles. The summed E-state index contributed by atoms with van der Waals surface area (Å²) in [5.74, 6) is 1.46. The van der Waals surface area contributed by atoms with Gasteiger partial charge in [0.2, 0.25) is 0 Å². The number of nitrogens with zero attached hydrogens (tertiary/aromatic N) is 1. The molecule has 3 nitrogen and oxygen atoms in total. The third-order valence-corrected chi connectivity index (χ3v) is 4.62. The Morgan fingerprint density at radius 3 is 2.65 bits per heavy atom. The van der Waals surface area contributed by atoms with Crippen LogP contribution in [0.15, 0.2) is 0 Å². The summed E-state index contributed by atoms with van der Waals surface area (Å²) >= 11 is 0. The highest BCUT2D eigenvalue weighted by atomic mass is 16.5. The molecule has 4 atom stereocenters. The van der Waals surface area contributed by atoms with Gasteiger partial charge < -0.3 is 10.1 Å². The summed E-state index contributed by atoms with van der Waals surface area (Å²) in [7, 11) is 0. The van der Waals surface area contributed by atoms with E-state index in [4.69, 9.17) is 4.74 Å². The van der Waals surface area contributed by atoms with Crippen molar-refractivity contribution in [2.45, 2.75) is 52.2 Å². The topological polar surface area (TPSA) is 24.5 Å². The summed E-state index contributed by atoms with van der Waals surface area (Å²) in [6.45, 7) is 13.6. The minimum atomic E-state index is 0.649. The molecular weight excluding hydrogens is 212 g/mol. The van der Waals surface area contributed by atoms with Gasteiger partial charge in [-0.3, -0.25) is 4.90 Å². The molecular formula is C14H28N2O. The van der Waals surface area contributed by atoms with E-state index < -0.39 is 0 Å². The lowest BCUT2D eigenvalue weighted by atomic mass is 9.93. The third kappa shape index (κ3) is 3.01. The summed E-state index contributed by atoms with van der Waals surface area (Å²) in [6.07, 6.45) is 1.24. The van der Waals surface area contributed by atoms with E-state index in [0.717, 1.165) is 31.6 Å². The van der Waals surface area contributed by atoms with Crippen molar-refractivity contribution >= 4 is 0 Å². The van der Waals surface area contributed by atoms with Crippen molar-refractivity contribution in [3.8, 4) is 0 Å². The van der Waals surface area contributed by atoms with E-state index in [1.165, 1.54) is 13.0 Å². The monoisotopic (exact) mass is 240 g/mol. The number of piperazine rings is 1. The zero-order chi connectivity index (χ0) is 12.4. The van der Waals surface area contributed by atoms with Gasteiger partial charge in [-0.1, -0.05) is 13.8 Å². The fourth-order valence-corrected chi connectivity index (χ4v) is 3.13. The lowest BCUT2D eigenvalue weighted by Crippen LogP contribution is -2.60. The maximum absolute atomic E-state index is 5.54. The number of ether oxygens (including phenoxy) is 1. The Morgan fingerprint density at radius 1 is 1.29 bits per heavy atom. The molecule has 4 unspecified atom stereocenters. The normalized spacial score (nSPS) is 37.6. The van der Waals surface area contributed by atoms with Gasteiger partial charge in [-0.25, -0.2) is 0 Å². The zero-order valence-electron chi connectivity index (χ0n) is 11.8. The molecule has 0 spiro atoms.